The van der Waals surface area contributed by atoms with Crippen molar-refractivity contribution in [3.63, 3.8) is 0 Å². The Labute approximate surface area is 155 Å². The minimum absolute atomic E-state index is 0.353. The average molecular weight is 365 g/mol. The van der Waals surface area contributed by atoms with Crippen LogP contribution in [0, 0.1) is 6.92 Å². The number of hydrogen-bond donors (Lipinski definition) is 1. The van der Waals surface area contributed by atoms with Gasteiger partial charge in [-0.25, -0.2) is 0 Å². The zero-order valence-corrected chi connectivity index (χ0v) is 16.2. The molecule has 0 aliphatic carbocycles. The van der Waals surface area contributed by atoms with Crippen molar-refractivity contribution in [3.8, 4) is 0 Å². The lowest BCUT2D eigenvalue weighted by Crippen LogP contribution is -2.35. The Hall–Kier alpha value is -1.06. The van der Waals surface area contributed by atoms with Crippen LogP contribution in [0.5, 0.6) is 0 Å². The molecule has 2 aromatic rings. The van der Waals surface area contributed by atoms with Gasteiger partial charge in [-0.3, -0.25) is 4.90 Å². The molecular weight excluding hydrogens is 339 g/mol. The van der Waals surface area contributed by atoms with Gasteiger partial charge in [-0.05, 0) is 43.3 Å². The van der Waals surface area contributed by atoms with E-state index >= 15 is 0 Å². The third-order valence-electron chi connectivity index (χ3n) is 4.38. The van der Waals surface area contributed by atoms with E-state index in [1.165, 1.54) is 11.1 Å². The van der Waals surface area contributed by atoms with Crippen molar-refractivity contribution in [2.75, 3.05) is 19.6 Å². The molecule has 0 aliphatic rings. The molecule has 2 rings (SSSR count). The third-order valence-corrected chi connectivity index (χ3v) is 4.97. The molecular formula is C20H26Cl2N2. The smallest absolute Gasteiger partial charge is 0.0472 e. The molecule has 2 aromatic carbocycles. The summed E-state index contributed by atoms with van der Waals surface area (Å²) in [6, 6.07) is 14.8. The van der Waals surface area contributed by atoms with E-state index in [1.54, 1.807) is 6.07 Å². The Morgan fingerprint density at radius 2 is 1.67 bits per heavy atom. The molecule has 1 N–H and O–H groups in total. The van der Waals surface area contributed by atoms with Crippen LogP contribution >= 0.6 is 23.2 Å². The second-order valence-corrected chi connectivity index (χ2v) is 6.86. The summed E-state index contributed by atoms with van der Waals surface area (Å²) in [5.74, 6) is 0. The molecule has 0 saturated heterocycles. The molecule has 2 nitrogen and oxygen atoms in total. The fourth-order valence-electron chi connectivity index (χ4n) is 2.92. The molecule has 0 spiro atoms. The first kappa shape index (κ1) is 19.3. The zero-order valence-electron chi connectivity index (χ0n) is 14.7. The lowest BCUT2D eigenvalue weighted by Gasteiger charge is -2.30. The van der Waals surface area contributed by atoms with Crippen molar-refractivity contribution in [2.45, 2.75) is 33.4 Å². The van der Waals surface area contributed by atoms with Crippen molar-refractivity contribution in [1.82, 2.24) is 10.2 Å². The van der Waals surface area contributed by atoms with E-state index in [0.29, 0.717) is 16.1 Å². The van der Waals surface area contributed by atoms with Gasteiger partial charge in [-0.2, -0.15) is 0 Å². The summed E-state index contributed by atoms with van der Waals surface area (Å²) >= 11 is 12.2. The summed E-state index contributed by atoms with van der Waals surface area (Å²) in [7, 11) is 0. The Morgan fingerprint density at radius 1 is 1.00 bits per heavy atom. The molecule has 1 unspecified atom stereocenters. The maximum atomic E-state index is 6.26. The maximum Gasteiger partial charge on any atom is 0.0472 e. The molecule has 0 aliphatic heterocycles. The van der Waals surface area contributed by atoms with Gasteiger partial charge < -0.3 is 5.32 Å². The largest absolute Gasteiger partial charge is 0.311 e. The van der Waals surface area contributed by atoms with E-state index in [2.05, 4.69) is 55.3 Å². The first-order valence-electron chi connectivity index (χ1n) is 8.50. The third kappa shape index (κ3) is 5.22. The Kier molecular flexibility index (Phi) is 7.57. The fraction of sp³-hybridized carbons (Fsp3) is 0.400. The van der Waals surface area contributed by atoms with E-state index in [0.717, 1.165) is 31.7 Å². The van der Waals surface area contributed by atoms with Gasteiger partial charge in [0, 0.05) is 29.2 Å². The molecule has 130 valence electrons. The van der Waals surface area contributed by atoms with Crippen molar-refractivity contribution in [1.29, 1.82) is 0 Å². The molecule has 0 amide bonds. The van der Waals surface area contributed by atoms with Crippen LogP contribution in [0.15, 0.2) is 42.5 Å². The molecule has 24 heavy (non-hydrogen) atoms. The van der Waals surface area contributed by atoms with Crippen molar-refractivity contribution in [2.24, 2.45) is 0 Å². The summed E-state index contributed by atoms with van der Waals surface area (Å²) < 4.78 is 0. The minimum Gasteiger partial charge on any atom is -0.311 e. The van der Waals surface area contributed by atoms with Crippen LogP contribution < -0.4 is 5.32 Å². The van der Waals surface area contributed by atoms with Gasteiger partial charge in [-0.15, -0.1) is 0 Å². The zero-order chi connectivity index (χ0) is 17.5. The highest BCUT2D eigenvalue weighted by atomic mass is 35.5. The second-order valence-electron chi connectivity index (χ2n) is 6.01. The van der Waals surface area contributed by atoms with Crippen LogP contribution in [0.3, 0.4) is 0 Å². The minimum atomic E-state index is 0.353. The summed E-state index contributed by atoms with van der Waals surface area (Å²) in [6.45, 7) is 10.2. The Balaban J connectivity index is 2.06. The summed E-state index contributed by atoms with van der Waals surface area (Å²) in [5, 5.41) is 4.94. The molecule has 0 bridgehead atoms. The van der Waals surface area contributed by atoms with Crippen molar-refractivity contribution in [3.05, 3.63) is 69.2 Å². The second kappa shape index (κ2) is 9.43. The van der Waals surface area contributed by atoms with Gasteiger partial charge >= 0.3 is 0 Å². The monoisotopic (exact) mass is 364 g/mol. The predicted octanol–water partition coefficient (Wildman–Crippen LogP) is 5.47. The number of hydrogen-bond acceptors (Lipinski definition) is 2. The van der Waals surface area contributed by atoms with Crippen LogP contribution in [0.1, 0.15) is 36.6 Å². The predicted molar refractivity (Wildman–Crippen MR) is 105 cm³/mol. The lowest BCUT2D eigenvalue weighted by molar-refractivity contribution is 0.213. The van der Waals surface area contributed by atoms with E-state index in [4.69, 9.17) is 23.2 Å². The molecule has 0 saturated carbocycles. The van der Waals surface area contributed by atoms with Crippen LogP contribution in [-0.2, 0) is 6.54 Å². The summed E-state index contributed by atoms with van der Waals surface area (Å²) in [4.78, 5) is 2.47. The summed E-state index contributed by atoms with van der Waals surface area (Å²) in [5.41, 5.74) is 3.71. The van der Waals surface area contributed by atoms with Gasteiger partial charge in [0.25, 0.3) is 0 Å². The summed E-state index contributed by atoms with van der Waals surface area (Å²) in [6.07, 6.45) is 0. The number of nitrogens with zero attached hydrogens (tertiary/aromatic N) is 1. The normalized spacial score (nSPS) is 12.6. The van der Waals surface area contributed by atoms with Crippen LogP contribution in [-0.4, -0.2) is 24.5 Å². The Morgan fingerprint density at radius 3 is 2.25 bits per heavy atom. The first-order valence-corrected chi connectivity index (χ1v) is 9.26. The highest BCUT2D eigenvalue weighted by Crippen LogP contribution is 2.23. The number of nitrogens with one attached hydrogen (secondary N) is 1. The quantitative estimate of drug-likeness (QED) is 0.667. The van der Waals surface area contributed by atoms with Crippen LogP contribution in [0.2, 0.25) is 10.0 Å². The fourth-order valence-corrected chi connectivity index (χ4v) is 3.39. The van der Waals surface area contributed by atoms with Crippen molar-refractivity contribution < 1.29 is 0 Å². The number of likely N-dealkylation sites (N-methyl/N-ethyl adjacent to an activating group) is 1. The highest BCUT2D eigenvalue weighted by molar-refractivity contribution is 6.35. The van der Waals surface area contributed by atoms with Crippen LogP contribution in [0.4, 0.5) is 0 Å². The number of benzene rings is 2. The molecule has 1 atom stereocenters. The topological polar surface area (TPSA) is 15.3 Å². The maximum absolute atomic E-state index is 6.26. The SMILES string of the molecule is CCN(CC)C(CNCc1ccc(Cl)cc1Cl)c1ccc(C)cc1. The van der Waals surface area contributed by atoms with Crippen molar-refractivity contribution >= 4 is 23.2 Å². The lowest BCUT2D eigenvalue weighted by atomic mass is 10.0. The number of rotatable bonds is 8. The van der Waals surface area contributed by atoms with Gasteiger partial charge in [0.2, 0.25) is 0 Å². The Bertz CT molecular complexity index is 637. The van der Waals surface area contributed by atoms with E-state index < -0.39 is 0 Å². The molecule has 0 radical (unpaired) electrons. The molecule has 0 fully saturated rings. The number of aryl methyl sites for hydroxylation is 1. The first-order chi connectivity index (χ1) is 11.5. The van der Waals surface area contributed by atoms with Gasteiger partial charge in [0.15, 0.2) is 0 Å². The standard InChI is InChI=1S/C20H26Cl2N2/c1-4-24(5-2)20(16-8-6-15(3)7-9-16)14-23-13-17-10-11-18(21)12-19(17)22/h6-12,20,23H,4-5,13-14H2,1-3H3. The van der Waals surface area contributed by atoms with E-state index in [9.17, 15) is 0 Å². The van der Waals surface area contributed by atoms with Gasteiger partial charge in [-0.1, -0.05) is 72.9 Å². The van der Waals surface area contributed by atoms with E-state index in [1.807, 2.05) is 12.1 Å². The molecule has 4 heteroatoms. The van der Waals surface area contributed by atoms with Gasteiger partial charge in [0.05, 0.1) is 0 Å². The average Bonchev–Trinajstić information content (AvgIpc) is 2.57. The molecule has 0 heterocycles. The van der Waals surface area contributed by atoms with E-state index in [-0.39, 0.29) is 0 Å². The van der Waals surface area contributed by atoms with Gasteiger partial charge in [0.1, 0.15) is 0 Å². The molecule has 0 aromatic heterocycles. The number of halogens is 2. The highest BCUT2D eigenvalue weighted by Gasteiger charge is 2.17. The van der Waals surface area contributed by atoms with Crippen LogP contribution in [0.25, 0.3) is 0 Å².